The second kappa shape index (κ2) is 5.40. The zero-order valence-electron chi connectivity index (χ0n) is 8.46. The summed E-state index contributed by atoms with van der Waals surface area (Å²) in [5.74, 6) is -0.132. The van der Waals surface area contributed by atoms with E-state index in [0.29, 0.717) is 6.54 Å². The van der Waals surface area contributed by atoms with Crippen LogP contribution in [0.15, 0.2) is 0 Å². The zero-order valence-corrected chi connectivity index (χ0v) is 8.46. The first-order chi connectivity index (χ1) is 6.02. The van der Waals surface area contributed by atoms with Crippen LogP contribution in [0.5, 0.6) is 0 Å². The summed E-state index contributed by atoms with van der Waals surface area (Å²) in [4.78, 5) is 23.6. The number of rotatable bonds is 3. The van der Waals surface area contributed by atoms with Crippen LogP contribution in [0, 0.1) is 0 Å². The summed E-state index contributed by atoms with van der Waals surface area (Å²) in [6.45, 7) is 4.10. The molecule has 1 unspecified atom stereocenters. The van der Waals surface area contributed by atoms with Crippen LogP contribution in [0.3, 0.4) is 0 Å². The number of hydrogen-bond acceptors (Lipinski definition) is 3. The lowest BCUT2D eigenvalue weighted by atomic mass is 10.3. The van der Waals surface area contributed by atoms with E-state index in [1.807, 2.05) is 6.92 Å². The summed E-state index contributed by atoms with van der Waals surface area (Å²) in [7, 11) is 2.94. The maximum Gasteiger partial charge on any atom is 0.407 e. The van der Waals surface area contributed by atoms with E-state index in [2.05, 4.69) is 10.1 Å². The van der Waals surface area contributed by atoms with Gasteiger partial charge in [-0.25, -0.2) is 4.79 Å². The fraction of sp³-hybridized carbons (Fsp3) is 0.750. The molecule has 0 saturated carbocycles. The number of methoxy groups -OCH3 is 1. The molecule has 0 radical (unpaired) electrons. The highest BCUT2D eigenvalue weighted by atomic mass is 16.5. The first-order valence-electron chi connectivity index (χ1n) is 4.12. The van der Waals surface area contributed by atoms with Gasteiger partial charge in [-0.15, -0.1) is 0 Å². The summed E-state index contributed by atoms with van der Waals surface area (Å²) in [6.07, 6.45) is -0.592. The Balaban J connectivity index is 4.03. The van der Waals surface area contributed by atoms with Crippen molar-refractivity contribution in [1.82, 2.24) is 10.2 Å². The summed E-state index contributed by atoms with van der Waals surface area (Å²) in [6, 6.07) is -0.544. The van der Waals surface area contributed by atoms with E-state index in [4.69, 9.17) is 0 Å². The van der Waals surface area contributed by atoms with E-state index in [0.717, 1.165) is 0 Å². The van der Waals surface area contributed by atoms with Gasteiger partial charge in [0.05, 0.1) is 7.11 Å². The molecule has 2 amide bonds. The Bertz CT molecular complexity index is 194. The molecule has 0 spiro atoms. The molecule has 0 aliphatic carbocycles. The van der Waals surface area contributed by atoms with Gasteiger partial charge in [0.2, 0.25) is 5.91 Å². The minimum atomic E-state index is -0.592. The summed E-state index contributed by atoms with van der Waals surface area (Å²) < 4.78 is 4.36. The van der Waals surface area contributed by atoms with Gasteiger partial charge in [0.25, 0.3) is 0 Å². The van der Waals surface area contributed by atoms with Crippen molar-refractivity contribution in [3.63, 3.8) is 0 Å². The quantitative estimate of drug-likeness (QED) is 0.688. The van der Waals surface area contributed by atoms with Crippen molar-refractivity contribution in [2.24, 2.45) is 0 Å². The number of nitrogens with one attached hydrogen (secondary N) is 1. The number of carbonyl (C=O) groups excluding carboxylic acids is 2. The molecule has 5 heteroatoms. The predicted octanol–water partition coefficient (Wildman–Crippen LogP) is 0.209. The number of hydrogen-bond donors (Lipinski definition) is 1. The number of amides is 2. The van der Waals surface area contributed by atoms with Gasteiger partial charge >= 0.3 is 6.09 Å². The Morgan fingerprint density at radius 1 is 1.54 bits per heavy atom. The minimum Gasteiger partial charge on any atom is -0.453 e. The smallest absolute Gasteiger partial charge is 0.407 e. The van der Waals surface area contributed by atoms with E-state index in [1.54, 1.807) is 14.0 Å². The van der Waals surface area contributed by atoms with Gasteiger partial charge in [-0.2, -0.15) is 0 Å². The Labute approximate surface area is 78.0 Å². The Kier molecular flexibility index (Phi) is 4.87. The highest BCUT2D eigenvalue weighted by Crippen LogP contribution is 1.91. The van der Waals surface area contributed by atoms with E-state index in [1.165, 1.54) is 12.0 Å². The van der Waals surface area contributed by atoms with E-state index >= 15 is 0 Å². The lowest BCUT2D eigenvalue weighted by molar-refractivity contribution is -0.131. The van der Waals surface area contributed by atoms with Crippen molar-refractivity contribution >= 4 is 12.0 Å². The molecule has 0 heterocycles. The molecule has 0 aromatic carbocycles. The highest BCUT2D eigenvalue weighted by Gasteiger charge is 2.18. The van der Waals surface area contributed by atoms with Gasteiger partial charge in [0.15, 0.2) is 0 Å². The van der Waals surface area contributed by atoms with Crippen molar-refractivity contribution in [3.8, 4) is 0 Å². The first kappa shape index (κ1) is 11.7. The zero-order chi connectivity index (χ0) is 10.4. The van der Waals surface area contributed by atoms with Crippen LogP contribution < -0.4 is 5.32 Å². The molecule has 76 valence electrons. The molecule has 0 rings (SSSR count). The van der Waals surface area contributed by atoms with Gasteiger partial charge in [0, 0.05) is 13.6 Å². The molecule has 0 saturated heterocycles. The number of nitrogens with zero attached hydrogens (tertiary/aromatic N) is 1. The average Bonchev–Trinajstić information content (AvgIpc) is 2.14. The molecule has 0 bridgehead atoms. The molecule has 0 aliphatic heterocycles. The van der Waals surface area contributed by atoms with E-state index in [9.17, 15) is 9.59 Å². The molecule has 1 atom stereocenters. The van der Waals surface area contributed by atoms with Crippen molar-refractivity contribution in [1.29, 1.82) is 0 Å². The standard InChI is InChI=1S/C8H16N2O3/c1-5-10(3)7(11)6(2)9-8(12)13-4/h6H,5H2,1-4H3,(H,9,12). The van der Waals surface area contributed by atoms with Crippen molar-refractivity contribution in [3.05, 3.63) is 0 Å². The van der Waals surface area contributed by atoms with Crippen molar-refractivity contribution in [2.75, 3.05) is 20.7 Å². The van der Waals surface area contributed by atoms with Crippen LogP contribution in [-0.4, -0.2) is 43.6 Å². The van der Waals surface area contributed by atoms with Crippen molar-refractivity contribution in [2.45, 2.75) is 19.9 Å². The Hall–Kier alpha value is -1.26. The molecular weight excluding hydrogens is 172 g/mol. The Morgan fingerprint density at radius 3 is 2.46 bits per heavy atom. The minimum absolute atomic E-state index is 0.132. The third kappa shape index (κ3) is 3.78. The SMILES string of the molecule is CCN(C)C(=O)C(C)NC(=O)OC. The summed E-state index contributed by atoms with van der Waals surface area (Å²) in [5, 5.41) is 2.39. The van der Waals surface area contributed by atoms with Crippen LogP contribution >= 0.6 is 0 Å². The van der Waals surface area contributed by atoms with Crippen LogP contribution in [-0.2, 0) is 9.53 Å². The van der Waals surface area contributed by atoms with Crippen LogP contribution in [0.1, 0.15) is 13.8 Å². The largest absolute Gasteiger partial charge is 0.453 e. The average molecular weight is 188 g/mol. The predicted molar refractivity (Wildman–Crippen MR) is 48.3 cm³/mol. The first-order valence-corrected chi connectivity index (χ1v) is 4.12. The number of likely N-dealkylation sites (N-methyl/N-ethyl adjacent to an activating group) is 1. The Morgan fingerprint density at radius 2 is 2.08 bits per heavy atom. The molecule has 0 aliphatic rings. The molecular formula is C8H16N2O3. The molecule has 0 aromatic rings. The number of alkyl carbamates (subject to hydrolysis) is 1. The van der Waals surface area contributed by atoms with E-state index in [-0.39, 0.29) is 5.91 Å². The molecule has 0 aromatic heterocycles. The molecule has 5 nitrogen and oxygen atoms in total. The van der Waals surface area contributed by atoms with Gasteiger partial charge < -0.3 is 15.0 Å². The summed E-state index contributed by atoms with van der Waals surface area (Å²) in [5.41, 5.74) is 0. The maximum absolute atomic E-state index is 11.4. The lowest BCUT2D eigenvalue weighted by Crippen LogP contribution is -2.45. The molecule has 0 fully saturated rings. The number of carbonyl (C=O) groups is 2. The molecule has 13 heavy (non-hydrogen) atoms. The van der Waals surface area contributed by atoms with Gasteiger partial charge in [-0.3, -0.25) is 4.79 Å². The number of ether oxygens (including phenoxy) is 1. The maximum atomic E-state index is 11.4. The normalized spacial score (nSPS) is 11.7. The summed E-state index contributed by atoms with van der Waals surface area (Å²) >= 11 is 0. The lowest BCUT2D eigenvalue weighted by Gasteiger charge is -2.19. The highest BCUT2D eigenvalue weighted by molar-refractivity contribution is 5.84. The van der Waals surface area contributed by atoms with Crippen LogP contribution in [0.25, 0.3) is 0 Å². The topological polar surface area (TPSA) is 58.6 Å². The van der Waals surface area contributed by atoms with Crippen molar-refractivity contribution < 1.29 is 14.3 Å². The van der Waals surface area contributed by atoms with Gasteiger partial charge in [-0.05, 0) is 13.8 Å². The van der Waals surface area contributed by atoms with Gasteiger partial charge in [0.1, 0.15) is 6.04 Å². The third-order valence-corrected chi connectivity index (χ3v) is 1.74. The monoisotopic (exact) mass is 188 g/mol. The van der Waals surface area contributed by atoms with Crippen LogP contribution in [0.2, 0.25) is 0 Å². The fourth-order valence-electron chi connectivity index (χ4n) is 0.784. The van der Waals surface area contributed by atoms with E-state index < -0.39 is 12.1 Å². The second-order valence-corrected chi connectivity index (χ2v) is 2.71. The molecule has 1 N–H and O–H groups in total. The third-order valence-electron chi connectivity index (χ3n) is 1.74. The van der Waals surface area contributed by atoms with Crippen LogP contribution in [0.4, 0.5) is 4.79 Å². The second-order valence-electron chi connectivity index (χ2n) is 2.71. The van der Waals surface area contributed by atoms with Gasteiger partial charge in [-0.1, -0.05) is 0 Å². The fourth-order valence-corrected chi connectivity index (χ4v) is 0.784.